The third-order valence-corrected chi connectivity index (χ3v) is 7.09. The Hall–Kier alpha value is -2.26. The van der Waals surface area contributed by atoms with E-state index < -0.39 is 0 Å². The van der Waals surface area contributed by atoms with Crippen LogP contribution in [0.2, 0.25) is 0 Å². The number of fused-ring (bicyclic) bond motifs is 4. The molecule has 5 rings (SSSR count). The van der Waals surface area contributed by atoms with Gasteiger partial charge in [0, 0.05) is 16.3 Å². The monoisotopic (exact) mass is 411 g/mol. The van der Waals surface area contributed by atoms with Gasteiger partial charge in [-0.2, -0.15) is 4.98 Å². The third kappa shape index (κ3) is 3.12. The molecule has 1 aliphatic carbocycles. The number of thioether (sulfide) groups is 1. The molecule has 1 aliphatic rings. The molecule has 0 saturated heterocycles. The summed E-state index contributed by atoms with van der Waals surface area (Å²) in [5.74, 6) is 2.54. The molecule has 0 atom stereocenters. The molecule has 9 heteroatoms. The number of aromatic nitrogens is 6. The standard InChI is InChI=1S/C19H21N7S2/c1-10-8-11(2)26-18(21-10)24-19(25-26)27-9-14-22-16(20)15-12-6-4-3-5-7-13(12)28-17(15)23-14/h8H,3-7,9H2,1-2H3,(H2,20,22,23). The number of hydrogen-bond acceptors (Lipinski definition) is 8. The zero-order chi connectivity index (χ0) is 19.3. The summed E-state index contributed by atoms with van der Waals surface area (Å²) in [5, 5.41) is 6.29. The van der Waals surface area contributed by atoms with E-state index in [4.69, 9.17) is 10.7 Å². The maximum atomic E-state index is 6.34. The fourth-order valence-corrected chi connectivity index (χ4v) is 5.77. The lowest BCUT2D eigenvalue weighted by Crippen LogP contribution is -2.00. The highest BCUT2D eigenvalue weighted by Gasteiger charge is 2.19. The number of thiophene rings is 1. The zero-order valence-electron chi connectivity index (χ0n) is 15.9. The van der Waals surface area contributed by atoms with Gasteiger partial charge in [-0.1, -0.05) is 18.2 Å². The van der Waals surface area contributed by atoms with Crippen LogP contribution in [0.15, 0.2) is 11.2 Å². The van der Waals surface area contributed by atoms with E-state index in [0.29, 0.717) is 22.5 Å². The highest BCUT2D eigenvalue weighted by molar-refractivity contribution is 7.98. The smallest absolute Gasteiger partial charge is 0.253 e. The first-order valence-corrected chi connectivity index (χ1v) is 11.3. The fraction of sp³-hybridized carbons (Fsp3) is 0.421. The predicted molar refractivity (Wildman–Crippen MR) is 113 cm³/mol. The average Bonchev–Trinajstić information content (AvgIpc) is 3.14. The molecule has 28 heavy (non-hydrogen) atoms. The van der Waals surface area contributed by atoms with Crippen LogP contribution >= 0.6 is 23.1 Å². The first-order valence-electron chi connectivity index (χ1n) is 9.49. The van der Waals surface area contributed by atoms with Crippen molar-refractivity contribution < 1.29 is 0 Å². The second-order valence-electron chi connectivity index (χ2n) is 7.20. The number of anilines is 1. The maximum Gasteiger partial charge on any atom is 0.253 e. The molecule has 0 aromatic carbocycles. The van der Waals surface area contributed by atoms with Crippen LogP contribution in [0.5, 0.6) is 0 Å². The van der Waals surface area contributed by atoms with Crippen LogP contribution in [0, 0.1) is 13.8 Å². The summed E-state index contributed by atoms with van der Waals surface area (Å²) in [5.41, 5.74) is 9.68. The Kier molecular flexibility index (Phi) is 4.43. The molecular formula is C19H21N7S2. The van der Waals surface area contributed by atoms with Crippen LogP contribution in [-0.4, -0.2) is 29.5 Å². The van der Waals surface area contributed by atoms with Crippen molar-refractivity contribution in [3.05, 3.63) is 33.7 Å². The molecule has 0 aliphatic heterocycles. The van der Waals surface area contributed by atoms with Crippen LogP contribution in [0.25, 0.3) is 16.0 Å². The number of nitrogen functional groups attached to an aromatic ring is 1. The lowest BCUT2D eigenvalue weighted by molar-refractivity contribution is 0.713. The van der Waals surface area contributed by atoms with Crippen molar-refractivity contribution in [2.24, 2.45) is 0 Å². The number of aryl methyl sites for hydroxylation is 4. The normalized spacial score (nSPS) is 14.5. The van der Waals surface area contributed by atoms with Crippen LogP contribution in [0.4, 0.5) is 5.82 Å². The van der Waals surface area contributed by atoms with Gasteiger partial charge in [-0.3, -0.25) is 0 Å². The quantitative estimate of drug-likeness (QED) is 0.404. The van der Waals surface area contributed by atoms with E-state index >= 15 is 0 Å². The third-order valence-electron chi connectivity index (χ3n) is 5.07. The predicted octanol–water partition coefficient (Wildman–Crippen LogP) is 3.89. The summed E-state index contributed by atoms with van der Waals surface area (Å²) in [7, 11) is 0. The summed E-state index contributed by atoms with van der Waals surface area (Å²) < 4.78 is 1.77. The van der Waals surface area contributed by atoms with Gasteiger partial charge in [-0.15, -0.1) is 16.4 Å². The number of nitrogens with zero attached hydrogens (tertiary/aromatic N) is 6. The molecule has 0 bridgehead atoms. The molecule has 0 spiro atoms. The van der Waals surface area contributed by atoms with E-state index in [1.165, 1.54) is 41.5 Å². The molecule has 7 nitrogen and oxygen atoms in total. The largest absolute Gasteiger partial charge is 0.383 e. The number of nitrogens with two attached hydrogens (primary N) is 1. The van der Waals surface area contributed by atoms with Crippen LogP contribution in [0.1, 0.15) is 46.9 Å². The number of hydrogen-bond donors (Lipinski definition) is 1. The molecule has 0 fully saturated rings. The van der Waals surface area contributed by atoms with Crippen LogP contribution in [-0.2, 0) is 18.6 Å². The first-order chi connectivity index (χ1) is 13.6. The van der Waals surface area contributed by atoms with Crippen molar-refractivity contribution in [3.8, 4) is 0 Å². The Morgan fingerprint density at radius 2 is 1.96 bits per heavy atom. The molecule has 0 unspecified atom stereocenters. The molecule has 144 valence electrons. The van der Waals surface area contributed by atoms with E-state index in [-0.39, 0.29) is 0 Å². The summed E-state index contributed by atoms with van der Waals surface area (Å²) >= 11 is 3.29. The minimum absolute atomic E-state index is 0.581. The van der Waals surface area contributed by atoms with E-state index in [2.05, 4.69) is 20.1 Å². The van der Waals surface area contributed by atoms with Gasteiger partial charge in [-0.05, 0) is 51.2 Å². The second kappa shape index (κ2) is 6.97. The van der Waals surface area contributed by atoms with E-state index in [9.17, 15) is 0 Å². The first kappa shape index (κ1) is 17.8. The zero-order valence-corrected chi connectivity index (χ0v) is 17.5. The Labute approximate surface area is 170 Å². The Morgan fingerprint density at radius 3 is 2.86 bits per heavy atom. The van der Waals surface area contributed by atoms with E-state index in [1.807, 2.05) is 19.9 Å². The molecule has 0 radical (unpaired) electrons. The van der Waals surface area contributed by atoms with Crippen LogP contribution < -0.4 is 5.73 Å². The van der Waals surface area contributed by atoms with Gasteiger partial charge in [0.15, 0.2) is 0 Å². The molecule has 4 heterocycles. The lowest BCUT2D eigenvalue weighted by Gasteiger charge is -2.03. The topological polar surface area (TPSA) is 94.9 Å². The van der Waals surface area contributed by atoms with Crippen molar-refractivity contribution >= 4 is 44.9 Å². The van der Waals surface area contributed by atoms with E-state index in [0.717, 1.165) is 40.3 Å². The molecular weight excluding hydrogens is 390 g/mol. The van der Waals surface area contributed by atoms with Gasteiger partial charge in [0.2, 0.25) is 5.16 Å². The Morgan fingerprint density at radius 1 is 1.11 bits per heavy atom. The fourth-order valence-electron chi connectivity index (χ4n) is 3.81. The average molecular weight is 412 g/mol. The lowest BCUT2D eigenvalue weighted by atomic mass is 10.1. The van der Waals surface area contributed by atoms with Crippen molar-refractivity contribution in [3.63, 3.8) is 0 Å². The van der Waals surface area contributed by atoms with E-state index in [1.54, 1.807) is 15.9 Å². The van der Waals surface area contributed by atoms with Gasteiger partial charge >= 0.3 is 0 Å². The molecule has 0 saturated carbocycles. The SMILES string of the molecule is Cc1cc(C)n2nc(SCc3nc(N)c4c5c(sc4n3)CCCCC5)nc2n1. The molecule has 2 N–H and O–H groups in total. The summed E-state index contributed by atoms with van der Waals surface area (Å²) in [6, 6.07) is 1.99. The summed E-state index contributed by atoms with van der Waals surface area (Å²) in [4.78, 5) is 20.8. The highest BCUT2D eigenvalue weighted by Crippen LogP contribution is 2.37. The van der Waals surface area contributed by atoms with Crippen molar-refractivity contribution in [1.29, 1.82) is 0 Å². The Balaban J connectivity index is 1.43. The second-order valence-corrected chi connectivity index (χ2v) is 9.23. The van der Waals surface area contributed by atoms with Gasteiger partial charge in [-0.25, -0.2) is 19.5 Å². The number of rotatable bonds is 3. The summed E-state index contributed by atoms with van der Waals surface area (Å²) in [6.45, 7) is 3.96. The van der Waals surface area contributed by atoms with Crippen molar-refractivity contribution in [2.75, 3.05) is 5.73 Å². The van der Waals surface area contributed by atoms with Gasteiger partial charge in [0.1, 0.15) is 16.5 Å². The molecule has 0 amide bonds. The minimum Gasteiger partial charge on any atom is -0.383 e. The van der Waals surface area contributed by atoms with Gasteiger partial charge < -0.3 is 5.73 Å². The van der Waals surface area contributed by atoms with Crippen molar-refractivity contribution in [2.45, 2.75) is 56.9 Å². The maximum absolute atomic E-state index is 6.34. The van der Waals surface area contributed by atoms with Gasteiger partial charge in [0.05, 0.1) is 11.1 Å². The summed E-state index contributed by atoms with van der Waals surface area (Å²) in [6.07, 6.45) is 5.99. The van der Waals surface area contributed by atoms with Gasteiger partial charge in [0.25, 0.3) is 5.78 Å². The Bertz CT molecular complexity index is 1190. The minimum atomic E-state index is 0.581. The molecule has 4 aromatic heterocycles. The van der Waals surface area contributed by atoms with Crippen LogP contribution in [0.3, 0.4) is 0 Å². The molecule has 4 aromatic rings. The highest BCUT2D eigenvalue weighted by atomic mass is 32.2. The van der Waals surface area contributed by atoms with Crippen molar-refractivity contribution in [1.82, 2.24) is 29.5 Å².